The van der Waals surface area contributed by atoms with Crippen LogP contribution in [-0.4, -0.2) is 34.8 Å². The molecule has 0 aliphatic carbocycles. The second-order valence-corrected chi connectivity index (χ2v) is 7.20. The maximum atomic E-state index is 12.5. The minimum atomic E-state index is -0.625. The first-order valence-electron chi connectivity index (χ1n) is 7.21. The van der Waals surface area contributed by atoms with Gasteiger partial charge in [-0.25, -0.2) is 9.79 Å². The van der Waals surface area contributed by atoms with Gasteiger partial charge in [0.15, 0.2) is 5.17 Å². The summed E-state index contributed by atoms with van der Waals surface area (Å²) in [6.07, 6.45) is 0.384. The van der Waals surface area contributed by atoms with E-state index in [9.17, 15) is 9.59 Å². The van der Waals surface area contributed by atoms with Crippen LogP contribution in [0.5, 0.6) is 0 Å². The molecule has 2 aliphatic rings. The zero-order chi connectivity index (χ0) is 17.4. The number of fused-ring (bicyclic) bond motifs is 1. The molecular weight excluding hydrogens is 371 g/mol. The SMILES string of the molecule is COC(=O)C1=C(C)N=C2SCCC(=O)N2[C@@H]1c1ccc(Cl)c(Cl)c1. The highest BCUT2D eigenvalue weighted by Gasteiger charge is 2.41. The normalized spacial score (nSPS) is 20.7. The van der Waals surface area contributed by atoms with E-state index in [0.29, 0.717) is 44.2 Å². The van der Waals surface area contributed by atoms with Gasteiger partial charge < -0.3 is 4.74 Å². The van der Waals surface area contributed by atoms with Crippen molar-refractivity contribution < 1.29 is 14.3 Å². The topological polar surface area (TPSA) is 59.0 Å². The van der Waals surface area contributed by atoms with Crippen molar-refractivity contribution >= 4 is 52.0 Å². The van der Waals surface area contributed by atoms with Crippen LogP contribution in [0.25, 0.3) is 0 Å². The average Bonchev–Trinajstić information content (AvgIpc) is 2.55. The first-order chi connectivity index (χ1) is 11.4. The number of nitrogens with zero attached hydrogens (tertiary/aromatic N) is 2. The van der Waals surface area contributed by atoms with Gasteiger partial charge in [-0.3, -0.25) is 9.69 Å². The van der Waals surface area contributed by atoms with Crippen LogP contribution in [0.15, 0.2) is 34.5 Å². The highest BCUT2D eigenvalue weighted by atomic mass is 35.5. The molecule has 0 aromatic heterocycles. The van der Waals surface area contributed by atoms with Gasteiger partial charge in [0.1, 0.15) is 0 Å². The van der Waals surface area contributed by atoms with E-state index in [1.807, 2.05) is 0 Å². The maximum Gasteiger partial charge on any atom is 0.338 e. The molecule has 2 aliphatic heterocycles. The van der Waals surface area contributed by atoms with Gasteiger partial charge in [0.05, 0.1) is 34.5 Å². The third-order valence-electron chi connectivity index (χ3n) is 3.87. The molecule has 8 heteroatoms. The molecule has 126 valence electrons. The number of esters is 1. The van der Waals surface area contributed by atoms with Gasteiger partial charge in [0.2, 0.25) is 5.91 Å². The Morgan fingerprint density at radius 3 is 2.79 bits per heavy atom. The third kappa shape index (κ3) is 2.94. The molecule has 5 nitrogen and oxygen atoms in total. The lowest BCUT2D eigenvalue weighted by Crippen LogP contribution is -2.45. The van der Waals surface area contributed by atoms with Crippen molar-refractivity contribution in [3.63, 3.8) is 0 Å². The summed E-state index contributed by atoms with van der Waals surface area (Å²) in [6.45, 7) is 1.74. The number of amides is 1. The van der Waals surface area contributed by atoms with E-state index < -0.39 is 12.0 Å². The molecule has 0 bridgehead atoms. The molecule has 0 spiro atoms. The predicted molar refractivity (Wildman–Crippen MR) is 95.3 cm³/mol. The molecule has 1 atom stereocenters. The molecule has 1 fully saturated rings. The quantitative estimate of drug-likeness (QED) is 0.727. The first-order valence-corrected chi connectivity index (χ1v) is 8.95. The Bertz CT molecular complexity index is 792. The number of methoxy groups -OCH3 is 1. The second-order valence-electron chi connectivity index (χ2n) is 5.32. The number of amidine groups is 1. The van der Waals surface area contributed by atoms with Crippen LogP contribution in [0.4, 0.5) is 0 Å². The highest BCUT2D eigenvalue weighted by Crippen LogP contribution is 2.41. The van der Waals surface area contributed by atoms with Crippen LogP contribution in [0, 0.1) is 0 Å². The van der Waals surface area contributed by atoms with Crippen LogP contribution >= 0.6 is 35.0 Å². The van der Waals surface area contributed by atoms with Gasteiger partial charge in [-0.1, -0.05) is 41.0 Å². The molecule has 1 aromatic rings. The molecule has 2 heterocycles. The van der Waals surface area contributed by atoms with E-state index in [4.69, 9.17) is 27.9 Å². The lowest BCUT2D eigenvalue weighted by atomic mass is 9.94. The summed E-state index contributed by atoms with van der Waals surface area (Å²) in [4.78, 5) is 30.8. The molecule has 24 heavy (non-hydrogen) atoms. The third-order valence-corrected chi connectivity index (χ3v) is 5.56. The van der Waals surface area contributed by atoms with Crippen molar-refractivity contribution in [1.82, 2.24) is 4.90 Å². The number of aliphatic imine (C=N–C) groups is 1. The summed E-state index contributed by atoms with van der Waals surface area (Å²) in [5, 5.41) is 1.36. The van der Waals surface area contributed by atoms with Crippen molar-refractivity contribution in [3.05, 3.63) is 45.1 Å². The fourth-order valence-corrected chi connectivity index (χ4v) is 4.08. The van der Waals surface area contributed by atoms with Crippen LogP contribution in [0.3, 0.4) is 0 Å². The molecule has 1 amide bonds. The van der Waals surface area contributed by atoms with Crippen LogP contribution in [-0.2, 0) is 14.3 Å². The van der Waals surface area contributed by atoms with Crippen molar-refractivity contribution in [2.75, 3.05) is 12.9 Å². The molecule has 0 unspecified atom stereocenters. The maximum absolute atomic E-state index is 12.5. The largest absolute Gasteiger partial charge is 0.466 e. The number of benzene rings is 1. The summed E-state index contributed by atoms with van der Waals surface area (Å²) in [5.41, 5.74) is 1.55. The second kappa shape index (κ2) is 6.78. The lowest BCUT2D eigenvalue weighted by Gasteiger charge is -2.38. The van der Waals surface area contributed by atoms with E-state index in [0.717, 1.165) is 0 Å². The molecule has 0 radical (unpaired) electrons. The zero-order valence-corrected chi connectivity index (χ0v) is 15.3. The Balaban J connectivity index is 2.19. The summed E-state index contributed by atoms with van der Waals surface area (Å²) >= 11 is 13.6. The number of hydrogen-bond donors (Lipinski definition) is 0. The standard InChI is InChI=1S/C16H14Cl2N2O3S/c1-8-13(15(22)23-2)14(9-3-4-10(17)11(18)7-9)20-12(21)5-6-24-16(20)19-8/h3-4,7,14H,5-6H2,1-2H3/t14-/m1/s1. The van der Waals surface area contributed by atoms with E-state index in [1.165, 1.54) is 18.9 Å². The zero-order valence-electron chi connectivity index (χ0n) is 13.0. The number of allylic oxidation sites excluding steroid dienone is 1. The van der Waals surface area contributed by atoms with Crippen LogP contribution in [0.2, 0.25) is 10.0 Å². The lowest BCUT2D eigenvalue weighted by molar-refractivity contribution is -0.137. The van der Waals surface area contributed by atoms with Crippen molar-refractivity contribution in [1.29, 1.82) is 0 Å². The van der Waals surface area contributed by atoms with Crippen molar-refractivity contribution in [3.8, 4) is 0 Å². The van der Waals surface area contributed by atoms with E-state index in [1.54, 1.807) is 30.0 Å². The Labute approximate surface area is 153 Å². The summed E-state index contributed by atoms with van der Waals surface area (Å²) in [7, 11) is 1.31. The van der Waals surface area contributed by atoms with Gasteiger partial charge in [-0.2, -0.15) is 0 Å². The fraction of sp³-hybridized carbons (Fsp3) is 0.312. The van der Waals surface area contributed by atoms with Crippen LogP contribution in [0.1, 0.15) is 24.9 Å². The van der Waals surface area contributed by atoms with Crippen LogP contribution < -0.4 is 0 Å². The highest BCUT2D eigenvalue weighted by molar-refractivity contribution is 8.14. The Morgan fingerprint density at radius 1 is 1.38 bits per heavy atom. The minimum absolute atomic E-state index is 0.0857. The molecule has 0 N–H and O–H groups in total. The van der Waals surface area contributed by atoms with Gasteiger partial charge in [-0.05, 0) is 24.6 Å². The smallest absolute Gasteiger partial charge is 0.338 e. The minimum Gasteiger partial charge on any atom is -0.466 e. The Hall–Kier alpha value is -1.50. The Morgan fingerprint density at radius 2 is 2.12 bits per heavy atom. The number of rotatable bonds is 2. The van der Waals surface area contributed by atoms with E-state index in [-0.39, 0.29) is 5.91 Å². The van der Waals surface area contributed by atoms with E-state index >= 15 is 0 Å². The van der Waals surface area contributed by atoms with Crippen molar-refractivity contribution in [2.24, 2.45) is 4.99 Å². The molecule has 0 saturated carbocycles. The molecule has 3 rings (SSSR count). The fourth-order valence-electron chi connectivity index (χ4n) is 2.77. The summed E-state index contributed by atoms with van der Waals surface area (Å²) < 4.78 is 4.91. The number of thioether (sulfide) groups is 1. The number of hydrogen-bond acceptors (Lipinski definition) is 5. The number of ether oxygens (including phenoxy) is 1. The average molecular weight is 385 g/mol. The Kier molecular flexibility index (Phi) is 4.90. The van der Waals surface area contributed by atoms with E-state index in [2.05, 4.69) is 4.99 Å². The van der Waals surface area contributed by atoms with Gasteiger partial charge in [0.25, 0.3) is 0 Å². The van der Waals surface area contributed by atoms with Gasteiger partial charge in [0, 0.05) is 12.2 Å². The molecule has 1 saturated heterocycles. The summed E-state index contributed by atoms with van der Waals surface area (Å²) in [5.74, 6) is 0.0653. The number of halogens is 2. The van der Waals surface area contributed by atoms with Gasteiger partial charge in [-0.15, -0.1) is 0 Å². The monoisotopic (exact) mass is 384 g/mol. The predicted octanol–water partition coefficient (Wildman–Crippen LogP) is 3.82. The first kappa shape index (κ1) is 17.3. The van der Waals surface area contributed by atoms with Gasteiger partial charge >= 0.3 is 5.97 Å². The number of carbonyl (C=O) groups excluding carboxylic acids is 2. The summed E-state index contributed by atoms with van der Waals surface area (Å²) in [6, 6.07) is 4.45. The number of carbonyl (C=O) groups is 2. The molecule has 1 aromatic carbocycles. The molecular formula is C16H14Cl2N2O3S. The van der Waals surface area contributed by atoms with Crippen molar-refractivity contribution in [2.45, 2.75) is 19.4 Å².